The van der Waals surface area contributed by atoms with Crippen LogP contribution in [-0.2, 0) is 0 Å². The Hall–Kier alpha value is -0.235. The predicted octanol–water partition coefficient (Wildman–Crippen LogP) is 1.08. The summed E-state index contributed by atoms with van der Waals surface area (Å²) in [4.78, 5) is 2.07. The Morgan fingerprint density at radius 2 is 2.11 bits per heavy atom. The Morgan fingerprint density at radius 3 is 2.44 bits per heavy atom. The van der Waals surface area contributed by atoms with Crippen LogP contribution in [0.3, 0.4) is 0 Å². The lowest BCUT2D eigenvalue weighted by Crippen LogP contribution is -2.16. The van der Waals surface area contributed by atoms with Crippen LogP contribution in [0.2, 0.25) is 5.82 Å². The fourth-order valence-corrected chi connectivity index (χ4v) is 0.730. The number of nitrogens with zero attached hydrogens (tertiary/aromatic N) is 1. The molecule has 0 aliphatic rings. The SMILES string of the molecule is [B]C(/C=C\C)CN(C)C. The first kappa shape index (κ1) is 8.76. The highest BCUT2D eigenvalue weighted by atomic mass is 15.0. The van der Waals surface area contributed by atoms with E-state index in [0.29, 0.717) is 0 Å². The first-order valence-corrected chi connectivity index (χ1v) is 3.20. The molecule has 0 spiro atoms. The smallest absolute Gasteiger partial charge is 0.0772 e. The molecule has 0 rings (SSSR count). The van der Waals surface area contributed by atoms with E-state index >= 15 is 0 Å². The quantitative estimate of drug-likeness (QED) is 0.401. The highest BCUT2D eigenvalue weighted by molar-refractivity contribution is 6.13. The van der Waals surface area contributed by atoms with Crippen LogP contribution in [0.1, 0.15) is 6.92 Å². The summed E-state index contributed by atoms with van der Waals surface area (Å²) >= 11 is 0. The first-order valence-electron chi connectivity index (χ1n) is 3.20. The van der Waals surface area contributed by atoms with Crippen molar-refractivity contribution in [3.05, 3.63) is 12.2 Å². The van der Waals surface area contributed by atoms with Crippen molar-refractivity contribution in [1.29, 1.82) is 0 Å². The molecule has 0 aromatic rings. The summed E-state index contributed by atoms with van der Waals surface area (Å²) in [5.41, 5.74) is 0. The molecule has 1 nitrogen and oxygen atoms in total. The van der Waals surface area contributed by atoms with E-state index < -0.39 is 0 Å². The molecular formula is C7H14BN. The monoisotopic (exact) mass is 123 g/mol. The Labute approximate surface area is 59.2 Å². The van der Waals surface area contributed by atoms with Gasteiger partial charge in [-0.2, -0.15) is 0 Å². The molecule has 0 aromatic carbocycles. The van der Waals surface area contributed by atoms with Gasteiger partial charge in [0.15, 0.2) is 0 Å². The van der Waals surface area contributed by atoms with Crippen molar-refractivity contribution in [2.45, 2.75) is 12.7 Å². The molecule has 0 saturated carbocycles. The van der Waals surface area contributed by atoms with Crippen LogP contribution in [0.4, 0.5) is 0 Å². The molecule has 0 N–H and O–H groups in total. The van der Waals surface area contributed by atoms with E-state index in [4.69, 9.17) is 7.85 Å². The molecule has 0 fully saturated rings. The minimum absolute atomic E-state index is 0.185. The minimum atomic E-state index is 0.185. The highest BCUT2D eigenvalue weighted by Gasteiger charge is 1.95. The van der Waals surface area contributed by atoms with Gasteiger partial charge in [0.1, 0.15) is 0 Å². The van der Waals surface area contributed by atoms with Gasteiger partial charge in [0.2, 0.25) is 0 Å². The molecule has 50 valence electrons. The van der Waals surface area contributed by atoms with E-state index in [9.17, 15) is 0 Å². The zero-order valence-corrected chi connectivity index (χ0v) is 6.46. The van der Waals surface area contributed by atoms with Gasteiger partial charge in [0, 0.05) is 0 Å². The summed E-state index contributed by atoms with van der Waals surface area (Å²) in [6, 6.07) is 0. The number of hydrogen-bond donors (Lipinski definition) is 0. The fraction of sp³-hybridized carbons (Fsp3) is 0.714. The zero-order chi connectivity index (χ0) is 7.28. The van der Waals surface area contributed by atoms with Crippen molar-refractivity contribution in [3.63, 3.8) is 0 Å². The summed E-state index contributed by atoms with van der Waals surface area (Å²) < 4.78 is 0. The normalized spacial score (nSPS) is 15.1. The maximum absolute atomic E-state index is 5.66. The average molecular weight is 123 g/mol. The topological polar surface area (TPSA) is 3.24 Å². The molecule has 0 aliphatic heterocycles. The zero-order valence-electron chi connectivity index (χ0n) is 6.46. The van der Waals surface area contributed by atoms with Crippen LogP contribution in [-0.4, -0.2) is 33.4 Å². The summed E-state index contributed by atoms with van der Waals surface area (Å²) in [5.74, 6) is 0.185. The maximum atomic E-state index is 5.66. The van der Waals surface area contributed by atoms with E-state index in [1.165, 1.54) is 0 Å². The van der Waals surface area contributed by atoms with Crippen molar-refractivity contribution < 1.29 is 0 Å². The van der Waals surface area contributed by atoms with Gasteiger partial charge in [0.25, 0.3) is 0 Å². The Balaban J connectivity index is 3.38. The predicted molar refractivity (Wildman–Crippen MR) is 42.9 cm³/mol. The van der Waals surface area contributed by atoms with E-state index in [-0.39, 0.29) is 5.82 Å². The molecule has 0 heterocycles. The molecular weight excluding hydrogens is 109 g/mol. The summed E-state index contributed by atoms with van der Waals surface area (Å²) in [7, 11) is 9.69. The van der Waals surface area contributed by atoms with Gasteiger partial charge in [-0.15, -0.1) is 0 Å². The minimum Gasteiger partial charge on any atom is -0.310 e. The molecule has 0 bridgehead atoms. The molecule has 0 aromatic heterocycles. The number of hydrogen-bond acceptors (Lipinski definition) is 1. The van der Waals surface area contributed by atoms with Gasteiger partial charge in [-0.3, -0.25) is 0 Å². The third kappa shape index (κ3) is 5.64. The molecule has 0 saturated heterocycles. The van der Waals surface area contributed by atoms with E-state index in [1.54, 1.807) is 0 Å². The van der Waals surface area contributed by atoms with E-state index in [0.717, 1.165) is 6.54 Å². The Kier molecular flexibility index (Phi) is 4.50. The van der Waals surface area contributed by atoms with Crippen LogP contribution in [0.5, 0.6) is 0 Å². The lowest BCUT2D eigenvalue weighted by atomic mass is 9.87. The second kappa shape index (κ2) is 4.63. The summed E-state index contributed by atoms with van der Waals surface area (Å²) in [6.45, 7) is 2.90. The molecule has 1 atom stereocenters. The third-order valence-corrected chi connectivity index (χ3v) is 1.02. The third-order valence-electron chi connectivity index (χ3n) is 1.02. The molecule has 0 aliphatic carbocycles. The van der Waals surface area contributed by atoms with Gasteiger partial charge in [-0.25, -0.2) is 0 Å². The van der Waals surface area contributed by atoms with Crippen molar-refractivity contribution >= 4 is 7.85 Å². The molecule has 0 amide bonds. The van der Waals surface area contributed by atoms with Crippen molar-refractivity contribution in [2.24, 2.45) is 0 Å². The number of rotatable bonds is 3. The van der Waals surface area contributed by atoms with Crippen LogP contribution >= 0.6 is 0 Å². The van der Waals surface area contributed by atoms with Gasteiger partial charge < -0.3 is 4.90 Å². The van der Waals surface area contributed by atoms with E-state index in [1.807, 2.05) is 33.2 Å². The summed E-state index contributed by atoms with van der Waals surface area (Å²) in [5, 5.41) is 0. The van der Waals surface area contributed by atoms with Crippen LogP contribution in [0.25, 0.3) is 0 Å². The average Bonchev–Trinajstić information content (AvgIpc) is 1.63. The van der Waals surface area contributed by atoms with Crippen LogP contribution in [0, 0.1) is 0 Å². The van der Waals surface area contributed by atoms with Crippen LogP contribution in [0.15, 0.2) is 12.2 Å². The van der Waals surface area contributed by atoms with Crippen LogP contribution < -0.4 is 0 Å². The second-order valence-corrected chi connectivity index (χ2v) is 2.45. The molecule has 2 heteroatoms. The molecule has 9 heavy (non-hydrogen) atoms. The van der Waals surface area contributed by atoms with Gasteiger partial charge >= 0.3 is 0 Å². The largest absolute Gasteiger partial charge is 0.310 e. The van der Waals surface area contributed by atoms with Crippen molar-refractivity contribution in [1.82, 2.24) is 4.90 Å². The van der Waals surface area contributed by atoms with Gasteiger partial charge in [0.05, 0.1) is 7.85 Å². The highest BCUT2D eigenvalue weighted by Crippen LogP contribution is 2.00. The first-order chi connectivity index (χ1) is 4.16. The lowest BCUT2D eigenvalue weighted by molar-refractivity contribution is 0.417. The Morgan fingerprint density at radius 1 is 1.56 bits per heavy atom. The van der Waals surface area contributed by atoms with E-state index in [2.05, 4.69) is 4.90 Å². The lowest BCUT2D eigenvalue weighted by Gasteiger charge is -2.12. The van der Waals surface area contributed by atoms with Crippen molar-refractivity contribution in [2.75, 3.05) is 20.6 Å². The second-order valence-electron chi connectivity index (χ2n) is 2.45. The molecule has 2 radical (unpaired) electrons. The van der Waals surface area contributed by atoms with Gasteiger partial charge in [-0.05, 0) is 33.4 Å². The maximum Gasteiger partial charge on any atom is 0.0772 e. The molecule has 1 unspecified atom stereocenters. The summed E-state index contributed by atoms with van der Waals surface area (Å²) in [6.07, 6.45) is 3.98. The number of allylic oxidation sites excluding steroid dienone is 1. The van der Waals surface area contributed by atoms with Gasteiger partial charge in [-0.1, -0.05) is 12.2 Å². The Bertz CT molecular complexity index is 88.9. The van der Waals surface area contributed by atoms with Crippen molar-refractivity contribution in [3.8, 4) is 0 Å². The standard InChI is InChI=1S/C7H14BN/c1-4-5-7(8)6-9(2)3/h4-5,7H,6H2,1-3H3/b5-4-. The fourth-order valence-electron chi connectivity index (χ4n) is 0.730.